The van der Waals surface area contributed by atoms with Gasteiger partial charge in [0, 0.05) is 25.6 Å². The zero-order chi connectivity index (χ0) is 18.8. The third kappa shape index (κ3) is 3.89. The Bertz CT molecular complexity index is 941. The number of fused-ring (bicyclic) bond motifs is 1. The molecule has 0 aliphatic carbocycles. The van der Waals surface area contributed by atoms with Crippen LogP contribution in [0, 0.1) is 5.92 Å². The lowest BCUT2D eigenvalue weighted by molar-refractivity contribution is 0.0928. The summed E-state index contributed by atoms with van der Waals surface area (Å²) in [5.74, 6) is 0.304. The van der Waals surface area contributed by atoms with Gasteiger partial charge in [0.2, 0.25) is 0 Å². The Morgan fingerprint density at radius 2 is 2.29 bits per heavy atom. The van der Waals surface area contributed by atoms with Crippen molar-refractivity contribution in [2.24, 2.45) is 5.92 Å². The molecule has 3 aromatic heterocycles. The first kappa shape index (κ1) is 20.3. The highest BCUT2D eigenvalue weighted by Crippen LogP contribution is 2.28. The van der Waals surface area contributed by atoms with E-state index in [2.05, 4.69) is 20.8 Å². The van der Waals surface area contributed by atoms with Crippen molar-refractivity contribution in [2.75, 3.05) is 19.6 Å². The van der Waals surface area contributed by atoms with Crippen molar-refractivity contribution >= 4 is 29.4 Å². The van der Waals surface area contributed by atoms with Crippen molar-refractivity contribution in [3.63, 3.8) is 0 Å². The van der Waals surface area contributed by atoms with Crippen molar-refractivity contribution in [1.82, 2.24) is 20.8 Å². The Labute approximate surface area is 168 Å². The highest BCUT2D eigenvalue weighted by Gasteiger charge is 2.26. The largest absolute Gasteiger partial charge is 0.463 e. The molecule has 150 valence electrons. The predicted octanol–water partition coefficient (Wildman–Crippen LogP) is 2.17. The van der Waals surface area contributed by atoms with Gasteiger partial charge in [0.05, 0.1) is 29.0 Å². The van der Waals surface area contributed by atoms with E-state index in [1.165, 1.54) is 0 Å². The number of amides is 1. The number of halogens is 1. The number of hydrogen-bond acceptors (Lipinski definition) is 7. The highest BCUT2D eigenvalue weighted by molar-refractivity contribution is 6.06. The fraction of sp³-hybridized carbons (Fsp3) is 0.421. The number of furan rings is 1. The first-order valence-corrected chi connectivity index (χ1v) is 9.17. The monoisotopic (exact) mass is 406 g/mol. The van der Waals surface area contributed by atoms with E-state index in [0.29, 0.717) is 54.2 Å². The van der Waals surface area contributed by atoms with Crippen molar-refractivity contribution in [1.29, 1.82) is 0 Å². The summed E-state index contributed by atoms with van der Waals surface area (Å²) in [6.07, 6.45) is 2.67. The first-order valence-electron chi connectivity index (χ1n) is 9.17. The fourth-order valence-electron chi connectivity index (χ4n) is 3.39. The summed E-state index contributed by atoms with van der Waals surface area (Å²) in [4.78, 5) is 17.4. The summed E-state index contributed by atoms with van der Waals surface area (Å²) < 4.78 is 10.8. The Balaban J connectivity index is 0.00000225. The van der Waals surface area contributed by atoms with E-state index in [0.717, 1.165) is 12.1 Å². The molecule has 2 atom stereocenters. The molecule has 28 heavy (non-hydrogen) atoms. The van der Waals surface area contributed by atoms with Crippen LogP contribution in [0.2, 0.25) is 0 Å². The Kier molecular flexibility index (Phi) is 6.33. The quantitative estimate of drug-likeness (QED) is 0.574. The average Bonchev–Trinajstić information content (AvgIpc) is 3.41. The molecule has 1 saturated heterocycles. The van der Waals surface area contributed by atoms with Gasteiger partial charge >= 0.3 is 0 Å². The Hall–Kier alpha value is -2.42. The van der Waals surface area contributed by atoms with Gasteiger partial charge < -0.3 is 24.7 Å². The van der Waals surface area contributed by atoms with Gasteiger partial charge in [0.1, 0.15) is 5.69 Å². The second kappa shape index (κ2) is 8.72. The van der Waals surface area contributed by atoms with E-state index < -0.39 is 6.10 Å². The van der Waals surface area contributed by atoms with E-state index in [9.17, 15) is 9.90 Å². The molecule has 1 amide bonds. The highest BCUT2D eigenvalue weighted by atomic mass is 35.5. The number of nitrogens with zero attached hydrogens (tertiary/aromatic N) is 2. The number of rotatable bonds is 6. The van der Waals surface area contributed by atoms with Gasteiger partial charge in [0.25, 0.3) is 11.6 Å². The number of aromatic nitrogens is 2. The number of hydrogen-bond donors (Lipinski definition) is 3. The number of carbonyl (C=O) groups excluding carboxylic acids is 1. The van der Waals surface area contributed by atoms with E-state index in [1.54, 1.807) is 24.5 Å². The SMILES string of the molecule is CCCc1noc2nc(-c3ccco3)cc(C(=O)NCC3CNCC3O)c12.Cl. The Morgan fingerprint density at radius 3 is 2.96 bits per heavy atom. The van der Waals surface area contributed by atoms with Gasteiger partial charge in [0.15, 0.2) is 5.76 Å². The minimum absolute atomic E-state index is 0. The molecule has 0 radical (unpaired) electrons. The molecule has 3 aromatic rings. The second-order valence-electron chi connectivity index (χ2n) is 6.79. The molecule has 0 saturated carbocycles. The number of carbonyl (C=O) groups is 1. The minimum atomic E-state index is -0.451. The third-order valence-electron chi connectivity index (χ3n) is 4.85. The average molecular weight is 407 g/mol. The van der Waals surface area contributed by atoms with Crippen LogP contribution in [0.3, 0.4) is 0 Å². The lowest BCUT2D eigenvalue weighted by Crippen LogP contribution is -2.34. The zero-order valence-electron chi connectivity index (χ0n) is 15.5. The summed E-state index contributed by atoms with van der Waals surface area (Å²) in [7, 11) is 0. The molecule has 0 bridgehead atoms. The second-order valence-corrected chi connectivity index (χ2v) is 6.79. The molecule has 1 fully saturated rings. The molecular formula is C19H23ClN4O4. The maximum absolute atomic E-state index is 13.0. The van der Waals surface area contributed by atoms with Crippen LogP contribution in [0.15, 0.2) is 33.4 Å². The summed E-state index contributed by atoms with van der Waals surface area (Å²) in [5.41, 5.74) is 2.01. The Morgan fingerprint density at radius 1 is 1.43 bits per heavy atom. The zero-order valence-corrected chi connectivity index (χ0v) is 16.3. The molecular weight excluding hydrogens is 384 g/mol. The molecule has 8 nitrogen and oxygen atoms in total. The third-order valence-corrected chi connectivity index (χ3v) is 4.85. The predicted molar refractivity (Wildman–Crippen MR) is 105 cm³/mol. The van der Waals surface area contributed by atoms with E-state index in [1.807, 2.05) is 6.92 Å². The minimum Gasteiger partial charge on any atom is -0.463 e. The van der Waals surface area contributed by atoms with Gasteiger partial charge in [-0.25, -0.2) is 4.98 Å². The van der Waals surface area contributed by atoms with Crippen LogP contribution in [-0.4, -0.2) is 46.9 Å². The first-order chi connectivity index (χ1) is 13.2. The summed E-state index contributed by atoms with van der Waals surface area (Å²) in [6.45, 7) is 3.66. The van der Waals surface area contributed by atoms with Crippen LogP contribution >= 0.6 is 12.4 Å². The van der Waals surface area contributed by atoms with Crippen molar-refractivity contribution in [3.05, 3.63) is 35.7 Å². The van der Waals surface area contributed by atoms with Crippen LogP contribution in [0.5, 0.6) is 0 Å². The molecule has 0 aromatic carbocycles. The maximum Gasteiger partial charge on any atom is 0.259 e. The van der Waals surface area contributed by atoms with Crippen LogP contribution in [0.4, 0.5) is 0 Å². The molecule has 3 N–H and O–H groups in total. The fourth-order valence-corrected chi connectivity index (χ4v) is 3.39. The summed E-state index contributed by atoms with van der Waals surface area (Å²) in [5, 5.41) is 20.7. The molecule has 2 unspecified atom stereocenters. The van der Waals surface area contributed by atoms with E-state index >= 15 is 0 Å². The van der Waals surface area contributed by atoms with Crippen LogP contribution < -0.4 is 10.6 Å². The van der Waals surface area contributed by atoms with Crippen LogP contribution in [0.1, 0.15) is 29.4 Å². The van der Waals surface area contributed by atoms with E-state index in [4.69, 9.17) is 8.94 Å². The summed E-state index contributed by atoms with van der Waals surface area (Å²) in [6, 6.07) is 5.24. The normalized spacial score (nSPS) is 18.9. The lowest BCUT2D eigenvalue weighted by Gasteiger charge is -2.14. The molecule has 4 rings (SSSR count). The molecule has 1 aliphatic heterocycles. The van der Waals surface area contributed by atoms with E-state index in [-0.39, 0.29) is 24.2 Å². The van der Waals surface area contributed by atoms with Gasteiger partial charge in [-0.2, -0.15) is 0 Å². The number of aryl methyl sites for hydroxylation is 1. The number of nitrogens with one attached hydrogen (secondary N) is 2. The van der Waals surface area contributed by atoms with Crippen LogP contribution in [-0.2, 0) is 6.42 Å². The number of β-amino-alcohol motifs (C(OH)–C–C–N with tert-alkyl or cyclic N) is 1. The maximum atomic E-state index is 13.0. The number of pyridine rings is 1. The number of aliphatic hydroxyl groups is 1. The van der Waals surface area contributed by atoms with Gasteiger partial charge in [-0.15, -0.1) is 12.4 Å². The molecule has 1 aliphatic rings. The van der Waals surface area contributed by atoms with Gasteiger partial charge in [-0.1, -0.05) is 18.5 Å². The van der Waals surface area contributed by atoms with Crippen molar-refractivity contribution in [3.8, 4) is 11.5 Å². The lowest BCUT2D eigenvalue weighted by atomic mass is 10.0. The smallest absolute Gasteiger partial charge is 0.259 e. The van der Waals surface area contributed by atoms with Crippen molar-refractivity contribution < 1.29 is 18.8 Å². The van der Waals surface area contributed by atoms with Crippen molar-refractivity contribution in [2.45, 2.75) is 25.9 Å². The topological polar surface area (TPSA) is 113 Å². The molecule has 9 heteroatoms. The molecule has 0 spiro atoms. The van der Waals surface area contributed by atoms with Crippen LogP contribution in [0.25, 0.3) is 22.6 Å². The summed E-state index contributed by atoms with van der Waals surface area (Å²) >= 11 is 0. The van der Waals surface area contributed by atoms with Gasteiger partial charge in [-0.3, -0.25) is 4.79 Å². The number of aliphatic hydroxyl groups excluding tert-OH is 1. The standard InChI is InChI=1S/C19H22N4O4.ClH/c1-2-4-13-17-12(18(25)21-9-11-8-20-10-15(11)24)7-14(16-5-3-6-26-16)22-19(17)27-23-13;/h3,5-7,11,15,20,24H,2,4,8-10H2,1H3,(H,21,25);1H. The van der Waals surface area contributed by atoms with Gasteiger partial charge in [-0.05, 0) is 24.6 Å². The molecule has 4 heterocycles.